The molecular weight excluding hydrogens is 322 g/mol. The second-order valence-corrected chi connectivity index (χ2v) is 7.10. The highest BCUT2D eigenvalue weighted by Gasteiger charge is 2.16. The van der Waals surface area contributed by atoms with E-state index in [1.807, 2.05) is 30.6 Å². The zero-order chi connectivity index (χ0) is 17.3. The molecule has 0 aliphatic heterocycles. The Balaban J connectivity index is 1.57. The van der Waals surface area contributed by atoms with E-state index >= 15 is 0 Å². The maximum Gasteiger partial charge on any atom is 0.137 e. The lowest BCUT2D eigenvalue weighted by molar-refractivity contribution is 0.155. The van der Waals surface area contributed by atoms with Crippen LogP contribution in [0.4, 0.5) is 0 Å². The summed E-state index contributed by atoms with van der Waals surface area (Å²) in [7, 11) is 0. The first-order valence-electron chi connectivity index (χ1n) is 9.40. The molecule has 0 saturated heterocycles. The summed E-state index contributed by atoms with van der Waals surface area (Å²) in [5.41, 5.74) is 1.90. The van der Waals surface area contributed by atoms with Crippen LogP contribution in [0.15, 0.2) is 65.3 Å². The van der Waals surface area contributed by atoms with Crippen molar-refractivity contribution >= 4 is 21.7 Å². The lowest BCUT2D eigenvalue weighted by Crippen LogP contribution is -2.19. The van der Waals surface area contributed by atoms with Gasteiger partial charge in [0.05, 0.1) is 6.10 Å². The molecule has 2 aromatic carbocycles. The number of rotatable bonds is 3. The quantitative estimate of drug-likeness (QED) is 0.434. The fourth-order valence-corrected chi connectivity index (χ4v) is 3.90. The molecule has 0 radical (unpaired) electrons. The summed E-state index contributed by atoms with van der Waals surface area (Å²) >= 11 is 0. The minimum absolute atomic E-state index is 0.345. The molecule has 0 spiro atoms. The molecule has 5 rings (SSSR count). The van der Waals surface area contributed by atoms with E-state index in [-0.39, 0.29) is 0 Å². The van der Waals surface area contributed by atoms with Gasteiger partial charge in [0.1, 0.15) is 17.1 Å². The number of hydrogen-bond donors (Lipinski definition) is 0. The van der Waals surface area contributed by atoms with Gasteiger partial charge in [0.25, 0.3) is 0 Å². The van der Waals surface area contributed by atoms with Crippen molar-refractivity contribution in [1.82, 2.24) is 4.98 Å². The van der Waals surface area contributed by atoms with Crippen LogP contribution in [0.2, 0.25) is 0 Å². The zero-order valence-corrected chi connectivity index (χ0v) is 14.7. The number of benzene rings is 2. The predicted octanol–water partition coefficient (Wildman–Crippen LogP) is 6.36. The van der Waals surface area contributed by atoms with Crippen molar-refractivity contribution in [1.29, 1.82) is 0 Å². The summed E-state index contributed by atoms with van der Waals surface area (Å²) < 4.78 is 12.3. The van der Waals surface area contributed by atoms with Crippen molar-refractivity contribution in [3.8, 4) is 17.1 Å². The second kappa shape index (κ2) is 6.49. The monoisotopic (exact) mass is 343 g/mol. The number of hydrogen-bond acceptors (Lipinski definition) is 3. The van der Waals surface area contributed by atoms with Crippen molar-refractivity contribution in [3.05, 3.63) is 60.9 Å². The smallest absolute Gasteiger partial charge is 0.137 e. The summed E-state index contributed by atoms with van der Waals surface area (Å²) in [5.74, 6) is 1.78. The highest BCUT2D eigenvalue weighted by molar-refractivity contribution is 5.97. The van der Waals surface area contributed by atoms with Gasteiger partial charge >= 0.3 is 0 Å². The maximum atomic E-state index is 6.26. The first-order chi connectivity index (χ1) is 12.9. The van der Waals surface area contributed by atoms with Crippen molar-refractivity contribution < 1.29 is 9.15 Å². The van der Waals surface area contributed by atoms with Gasteiger partial charge in [0.15, 0.2) is 0 Å². The highest BCUT2D eigenvalue weighted by atomic mass is 16.5. The van der Waals surface area contributed by atoms with E-state index in [0.29, 0.717) is 6.10 Å². The van der Waals surface area contributed by atoms with Crippen LogP contribution >= 0.6 is 0 Å². The van der Waals surface area contributed by atoms with Crippen LogP contribution in [0.5, 0.6) is 5.75 Å². The highest BCUT2D eigenvalue weighted by Crippen LogP contribution is 2.34. The van der Waals surface area contributed by atoms with Gasteiger partial charge < -0.3 is 9.15 Å². The molecule has 1 fully saturated rings. The summed E-state index contributed by atoms with van der Waals surface area (Å²) in [6.45, 7) is 0. The fraction of sp³-hybridized carbons (Fsp3) is 0.261. The molecule has 2 heterocycles. The molecule has 3 nitrogen and oxygen atoms in total. The maximum absolute atomic E-state index is 6.26. The van der Waals surface area contributed by atoms with E-state index in [9.17, 15) is 0 Å². The molecule has 4 aromatic rings. The molecule has 0 amide bonds. The molecule has 0 unspecified atom stereocenters. The molecule has 0 N–H and O–H groups in total. The Kier molecular flexibility index (Phi) is 3.85. The van der Waals surface area contributed by atoms with E-state index in [0.717, 1.165) is 51.7 Å². The van der Waals surface area contributed by atoms with Gasteiger partial charge in [-0.25, -0.2) is 0 Å². The molecule has 3 heteroatoms. The van der Waals surface area contributed by atoms with Crippen LogP contribution in [0, 0.1) is 0 Å². The Labute approximate surface area is 152 Å². The van der Waals surface area contributed by atoms with Crippen LogP contribution in [0.1, 0.15) is 32.1 Å². The molecule has 1 aliphatic carbocycles. The van der Waals surface area contributed by atoms with Crippen LogP contribution in [0.3, 0.4) is 0 Å². The first-order valence-corrected chi connectivity index (χ1v) is 9.40. The van der Waals surface area contributed by atoms with Crippen molar-refractivity contribution in [3.63, 3.8) is 0 Å². The molecule has 1 aliphatic rings. The van der Waals surface area contributed by atoms with E-state index in [1.165, 1.54) is 19.3 Å². The predicted molar refractivity (Wildman–Crippen MR) is 104 cm³/mol. The Morgan fingerprint density at radius 1 is 0.885 bits per heavy atom. The number of furan rings is 1. The van der Waals surface area contributed by atoms with Crippen molar-refractivity contribution in [2.75, 3.05) is 0 Å². The third-order valence-electron chi connectivity index (χ3n) is 5.28. The standard InChI is InChI=1S/C23H21NO2/c1-2-7-18(8-3-1)25-19-11-10-17-14-24-15-21(20(17)13-19)23-12-16-6-4-5-9-22(16)26-23/h4-6,9-15,18H,1-3,7-8H2. The lowest BCUT2D eigenvalue weighted by Gasteiger charge is -2.23. The number of ether oxygens (including phenoxy) is 1. The normalized spacial score (nSPS) is 15.5. The average Bonchev–Trinajstić information content (AvgIpc) is 3.12. The number of para-hydroxylation sites is 1. The number of aromatic nitrogens is 1. The topological polar surface area (TPSA) is 35.3 Å². The molecule has 0 bridgehead atoms. The van der Waals surface area contributed by atoms with E-state index in [4.69, 9.17) is 9.15 Å². The third-order valence-corrected chi connectivity index (χ3v) is 5.28. The van der Waals surface area contributed by atoms with Gasteiger partial charge in [-0.2, -0.15) is 0 Å². The third kappa shape index (κ3) is 2.84. The van der Waals surface area contributed by atoms with Crippen LogP contribution in [-0.2, 0) is 0 Å². The number of pyridine rings is 1. The molecule has 26 heavy (non-hydrogen) atoms. The van der Waals surface area contributed by atoms with Crippen LogP contribution in [-0.4, -0.2) is 11.1 Å². The summed E-state index contributed by atoms with van der Waals surface area (Å²) in [4.78, 5) is 4.40. The van der Waals surface area contributed by atoms with Gasteiger partial charge in [-0.1, -0.05) is 24.6 Å². The van der Waals surface area contributed by atoms with Crippen LogP contribution < -0.4 is 4.74 Å². The SMILES string of the molecule is c1ccc2oc(-c3cncc4ccc(OC5CCCCC5)cc34)cc2c1. The molecule has 1 saturated carbocycles. The van der Waals surface area contributed by atoms with Crippen molar-refractivity contribution in [2.45, 2.75) is 38.2 Å². The van der Waals surface area contributed by atoms with Crippen molar-refractivity contribution in [2.24, 2.45) is 0 Å². The second-order valence-electron chi connectivity index (χ2n) is 7.10. The van der Waals surface area contributed by atoms with Gasteiger partial charge in [-0.3, -0.25) is 4.98 Å². The average molecular weight is 343 g/mol. The van der Waals surface area contributed by atoms with E-state index in [2.05, 4.69) is 35.3 Å². The van der Waals surface area contributed by atoms with Gasteiger partial charge in [0, 0.05) is 28.7 Å². The first kappa shape index (κ1) is 15.4. The van der Waals surface area contributed by atoms with E-state index in [1.54, 1.807) is 0 Å². The van der Waals surface area contributed by atoms with Gasteiger partial charge in [0.2, 0.25) is 0 Å². The molecule has 130 valence electrons. The van der Waals surface area contributed by atoms with Crippen LogP contribution in [0.25, 0.3) is 33.1 Å². The minimum atomic E-state index is 0.345. The Morgan fingerprint density at radius 2 is 1.77 bits per heavy atom. The number of nitrogens with zero attached hydrogens (tertiary/aromatic N) is 1. The molecule has 0 atom stereocenters. The zero-order valence-electron chi connectivity index (χ0n) is 14.7. The summed E-state index contributed by atoms with van der Waals surface area (Å²) in [6, 6.07) is 16.4. The largest absolute Gasteiger partial charge is 0.490 e. The molecular formula is C23H21NO2. The molecule has 2 aromatic heterocycles. The lowest BCUT2D eigenvalue weighted by atomic mass is 9.97. The fourth-order valence-electron chi connectivity index (χ4n) is 3.90. The van der Waals surface area contributed by atoms with Gasteiger partial charge in [-0.15, -0.1) is 0 Å². The minimum Gasteiger partial charge on any atom is -0.490 e. The Morgan fingerprint density at radius 3 is 2.65 bits per heavy atom. The van der Waals surface area contributed by atoms with Gasteiger partial charge in [-0.05, 0) is 61.4 Å². The number of fused-ring (bicyclic) bond motifs is 2. The Hall–Kier alpha value is -2.81. The van der Waals surface area contributed by atoms with E-state index < -0.39 is 0 Å². The Bertz CT molecular complexity index is 1030. The summed E-state index contributed by atoms with van der Waals surface area (Å²) in [5, 5.41) is 3.32. The summed E-state index contributed by atoms with van der Waals surface area (Å²) in [6.07, 6.45) is 10.3.